The van der Waals surface area contributed by atoms with E-state index in [9.17, 15) is 0 Å². The monoisotopic (exact) mass is 290 g/mol. The summed E-state index contributed by atoms with van der Waals surface area (Å²) in [4.78, 5) is 6.76. The third kappa shape index (κ3) is 4.19. The quantitative estimate of drug-likeness (QED) is 0.286. The van der Waals surface area contributed by atoms with E-state index in [1.807, 2.05) is 6.92 Å². The van der Waals surface area contributed by atoms with E-state index in [1.165, 1.54) is 16.8 Å². The first-order valence-corrected chi connectivity index (χ1v) is 7.72. The van der Waals surface area contributed by atoms with E-state index in [4.69, 9.17) is 10.6 Å². The van der Waals surface area contributed by atoms with Crippen molar-refractivity contribution in [1.29, 1.82) is 0 Å². The average molecular weight is 290 g/mol. The fraction of sp³-hybridized carbons (Fsp3) is 0.562. The minimum Gasteiger partial charge on any atom is -0.382 e. The molecule has 0 aliphatic carbocycles. The van der Waals surface area contributed by atoms with Crippen molar-refractivity contribution in [3.8, 4) is 0 Å². The van der Waals surface area contributed by atoms with Crippen molar-refractivity contribution in [3.63, 3.8) is 0 Å². The predicted octanol–water partition coefficient (Wildman–Crippen LogP) is 1.99. The molecule has 0 atom stereocenters. The molecule has 0 bridgehead atoms. The largest absolute Gasteiger partial charge is 0.382 e. The number of hydrogen-bond donors (Lipinski definition) is 2. The summed E-state index contributed by atoms with van der Waals surface area (Å²) in [5.41, 5.74) is 6.64. The summed E-state index contributed by atoms with van der Waals surface area (Å²) >= 11 is 0. The summed E-state index contributed by atoms with van der Waals surface area (Å²) in [6, 6.07) is 6.56. The summed E-state index contributed by atoms with van der Waals surface area (Å²) in [5.74, 6) is 6.42. The number of fused-ring (bicyclic) bond motifs is 1. The number of rotatable bonds is 5. The Kier molecular flexibility index (Phi) is 6.02. The second kappa shape index (κ2) is 8.00. The number of guanidine groups is 1. The van der Waals surface area contributed by atoms with Gasteiger partial charge in [-0.2, -0.15) is 0 Å². The maximum atomic E-state index is 5.68. The van der Waals surface area contributed by atoms with Gasteiger partial charge in [-0.25, -0.2) is 5.84 Å². The van der Waals surface area contributed by atoms with Crippen molar-refractivity contribution >= 4 is 11.6 Å². The van der Waals surface area contributed by atoms with Crippen LogP contribution in [-0.2, 0) is 11.2 Å². The number of hydrazine groups is 1. The second-order valence-corrected chi connectivity index (χ2v) is 5.29. The first-order chi connectivity index (χ1) is 10.3. The molecule has 0 unspecified atom stereocenters. The number of hydrogen-bond acceptors (Lipinski definition) is 3. The number of nitrogens with one attached hydrogen (secondary N) is 1. The molecule has 0 radical (unpaired) electrons. The molecular formula is C16H26N4O. The Hall–Kier alpha value is -1.59. The number of aliphatic imine (C=N–C) groups is 1. The van der Waals surface area contributed by atoms with E-state index in [0.29, 0.717) is 0 Å². The second-order valence-electron chi connectivity index (χ2n) is 5.29. The van der Waals surface area contributed by atoms with Crippen molar-refractivity contribution in [2.45, 2.75) is 33.1 Å². The van der Waals surface area contributed by atoms with Crippen LogP contribution in [0.1, 0.15) is 30.9 Å². The third-order valence-corrected chi connectivity index (χ3v) is 3.65. The molecule has 21 heavy (non-hydrogen) atoms. The Balaban J connectivity index is 2.07. The standard InChI is InChI=1S/C16H26N4O/c1-3-21-11-5-9-18-16(19-17)20-10-4-6-14-12-13(2)7-8-15(14)20/h7-8,12H,3-6,9-11,17H2,1-2H3,(H,18,19). The average Bonchev–Trinajstić information content (AvgIpc) is 2.50. The Bertz CT molecular complexity index is 487. The summed E-state index contributed by atoms with van der Waals surface area (Å²) in [6.45, 7) is 7.30. The zero-order chi connectivity index (χ0) is 15.1. The summed E-state index contributed by atoms with van der Waals surface area (Å²) < 4.78 is 5.33. The van der Waals surface area contributed by atoms with Crippen molar-refractivity contribution in [1.82, 2.24) is 5.43 Å². The van der Waals surface area contributed by atoms with Gasteiger partial charge in [0.1, 0.15) is 0 Å². The SMILES string of the molecule is CCOCCCN=C(NN)N1CCCc2cc(C)ccc21. The van der Waals surface area contributed by atoms with Crippen LogP contribution in [0, 0.1) is 6.92 Å². The van der Waals surface area contributed by atoms with Crippen LogP contribution in [-0.4, -0.2) is 32.3 Å². The van der Waals surface area contributed by atoms with E-state index in [2.05, 4.69) is 40.4 Å². The highest BCUT2D eigenvalue weighted by Gasteiger charge is 2.20. The number of nitrogens with two attached hydrogens (primary N) is 1. The molecule has 1 aliphatic heterocycles. The van der Waals surface area contributed by atoms with Crippen LogP contribution in [0.2, 0.25) is 0 Å². The lowest BCUT2D eigenvalue weighted by Gasteiger charge is -2.31. The van der Waals surface area contributed by atoms with Gasteiger partial charge in [0.05, 0.1) is 0 Å². The molecule has 1 heterocycles. The number of ether oxygens (including phenoxy) is 1. The number of nitrogens with zero attached hydrogens (tertiary/aromatic N) is 2. The van der Waals surface area contributed by atoms with Crippen molar-refractivity contribution in [2.24, 2.45) is 10.8 Å². The normalized spacial score (nSPS) is 15.0. The number of aryl methyl sites for hydroxylation is 2. The van der Waals surface area contributed by atoms with Gasteiger partial charge in [0, 0.05) is 32.0 Å². The van der Waals surface area contributed by atoms with Crippen LogP contribution in [0.25, 0.3) is 0 Å². The fourth-order valence-corrected chi connectivity index (χ4v) is 2.65. The molecule has 0 fully saturated rings. The van der Waals surface area contributed by atoms with Gasteiger partial charge >= 0.3 is 0 Å². The molecule has 2 rings (SSSR count). The molecule has 0 spiro atoms. The lowest BCUT2D eigenvalue weighted by Crippen LogP contribution is -2.47. The maximum absolute atomic E-state index is 5.68. The molecular weight excluding hydrogens is 264 g/mol. The van der Waals surface area contributed by atoms with Crippen molar-refractivity contribution in [2.75, 3.05) is 31.2 Å². The van der Waals surface area contributed by atoms with E-state index < -0.39 is 0 Å². The van der Waals surface area contributed by atoms with Crippen LogP contribution in [0.5, 0.6) is 0 Å². The molecule has 5 nitrogen and oxygen atoms in total. The van der Waals surface area contributed by atoms with E-state index in [0.717, 1.165) is 51.5 Å². The highest BCUT2D eigenvalue weighted by Crippen LogP contribution is 2.27. The van der Waals surface area contributed by atoms with Crippen molar-refractivity contribution in [3.05, 3.63) is 29.3 Å². The van der Waals surface area contributed by atoms with E-state index in [-0.39, 0.29) is 0 Å². The van der Waals surface area contributed by atoms with Crippen LogP contribution in [0.3, 0.4) is 0 Å². The first kappa shape index (κ1) is 15.8. The summed E-state index contributed by atoms with van der Waals surface area (Å²) in [7, 11) is 0. The van der Waals surface area contributed by atoms with Crippen LogP contribution in [0.15, 0.2) is 23.2 Å². The molecule has 1 aromatic rings. The predicted molar refractivity (Wildman–Crippen MR) is 87.6 cm³/mol. The van der Waals surface area contributed by atoms with E-state index in [1.54, 1.807) is 0 Å². The van der Waals surface area contributed by atoms with Gasteiger partial charge in [-0.05, 0) is 44.7 Å². The molecule has 0 saturated carbocycles. The van der Waals surface area contributed by atoms with Gasteiger partial charge < -0.3 is 9.64 Å². The fourth-order valence-electron chi connectivity index (χ4n) is 2.65. The van der Waals surface area contributed by atoms with Gasteiger partial charge in [0.2, 0.25) is 5.96 Å². The molecule has 1 aromatic carbocycles. The number of benzene rings is 1. The number of anilines is 1. The molecule has 5 heteroatoms. The molecule has 116 valence electrons. The minimum absolute atomic E-state index is 0.719. The highest BCUT2D eigenvalue weighted by atomic mass is 16.5. The van der Waals surface area contributed by atoms with Crippen LogP contribution in [0.4, 0.5) is 5.69 Å². The maximum Gasteiger partial charge on any atom is 0.212 e. The zero-order valence-corrected chi connectivity index (χ0v) is 13.1. The zero-order valence-electron chi connectivity index (χ0n) is 13.1. The Morgan fingerprint density at radius 3 is 3.10 bits per heavy atom. The van der Waals surface area contributed by atoms with Gasteiger partial charge in [-0.15, -0.1) is 0 Å². The summed E-state index contributed by atoms with van der Waals surface area (Å²) in [5, 5.41) is 0. The lowest BCUT2D eigenvalue weighted by molar-refractivity contribution is 0.146. The molecule has 0 amide bonds. The van der Waals surface area contributed by atoms with Gasteiger partial charge in [0.15, 0.2) is 0 Å². The first-order valence-electron chi connectivity index (χ1n) is 7.72. The Labute approximate surface area is 127 Å². The van der Waals surface area contributed by atoms with Crippen molar-refractivity contribution < 1.29 is 4.74 Å². The molecule has 1 aliphatic rings. The Morgan fingerprint density at radius 1 is 1.48 bits per heavy atom. The molecule has 0 saturated heterocycles. The van der Waals surface area contributed by atoms with Crippen LogP contribution >= 0.6 is 0 Å². The minimum atomic E-state index is 0.719. The van der Waals surface area contributed by atoms with Gasteiger partial charge in [-0.3, -0.25) is 10.4 Å². The smallest absolute Gasteiger partial charge is 0.212 e. The van der Waals surface area contributed by atoms with Crippen LogP contribution < -0.4 is 16.2 Å². The lowest BCUT2D eigenvalue weighted by atomic mass is 10.00. The third-order valence-electron chi connectivity index (χ3n) is 3.65. The van der Waals surface area contributed by atoms with E-state index >= 15 is 0 Å². The highest BCUT2D eigenvalue weighted by molar-refractivity contribution is 5.96. The summed E-state index contributed by atoms with van der Waals surface area (Å²) in [6.07, 6.45) is 3.15. The topological polar surface area (TPSA) is 62.9 Å². The molecule has 0 aromatic heterocycles. The van der Waals surface area contributed by atoms with Gasteiger partial charge in [-0.1, -0.05) is 17.7 Å². The Morgan fingerprint density at radius 2 is 2.33 bits per heavy atom. The van der Waals surface area contributed by atoms with Gasteiger partial charge in [0.25, 0.3) is 0 Å². The molecule has 3 N–H and O–H groups in total.